The summed E-state index contributed by atoms with van der Waals surface area (Å²) in [5, 5.41) is 0.214. The predicted molar refractivity (Wildman–Crippen MR) is 67.2 cm³/mol. The van der Waals surface area contributed by atoms with E-state index in [9.17, 15) is 8.78 Å². The fourth-order valence-corrected chi connectivity index (χ4v) is 2.98. The van der Waals surface area contributed by atoms with Crippen LogP contribution >= 0.6 is 11.6 Å². The molecule has 0 radical (unpaired) electrons. The number of benzene rings is 1. The van der Waals surface area contributed by atoms with Gasteiger partial charge in [0.25, 0.3) is 0 Å². The van der Waals surface area contributed by atoms with Crippen molar-refractivity contribution < 1.29 is 13.5 Å². The standard InChI is InChI=1S/C13H16ClF2NO/c1-13(2)8(6-17)11(13)7-3-4-10(9(14)5-7)18-12(15)16/h3-5,8,11-12H,6,17H2,1-2H3/t8-,11-/m1/s1. The zero-order valence-electron chi connectivity index (χ0n) is 10.3. The first-order valence-corrected chi connectivity index (χ1v) is 6.20. The van der Waals surface area contributed by atoms with Crippen molar-refractivity contribution in [2.24, 2.45) is 17.1 Å². The molecule has 0 spiro atoms. The zero-order chi connectivity index (χ0) is 13.5. The molecule has 0 saturated heterocycles. The van der Waals surface area contributed by atoms with E-state index < -0.39 is 6.61 Å². The maximum Gasteiger partial charge on any atom is 0.387 e. The number of alkyl halides is 2. The summed E-state index contributed by atoms with van der Waals surface area (Å²) in [5.41, 5.74) is 6.89. The molecule has 1 aliphatic rings. The van der Waals surface area contributed by atoms with E-state index in [2.05, 4.69) is 18.6 Å². The van der Waals surface area contributed by atoms with Crippen molar-refractivity contribution in [2.45, 2.75) is 26.4 Å². The maximum absolute atomic E-state index is 12.1. The second kappa shape index (κ2) is 4.67. The average molecular weight is 276 g/mol. The molecule has 0 aromatic heterocycles. The Morgan fingerprint density at radius 2 is 2.11 bits per heavy atom. The van der Waals surface area contributed by atoms with Crippen molar-refractivity contribution in [3.8, 4) is 5.75 Å². The topological polar surface area (TPSA) is 35.2 Å². The molecule has 2 atom stereocenters. The van der Waals surface area contributed by atoms with Gasteiger partial charge in [0.1, 0.15) is 5.75 Å². The van der Waals surface area contributed by atoms with Gasteiger partial charge in [-0.05, 0) is 41.5 Å². The van der Waals surface area contributed by atoms with E-state index in [4.69, 9.17) is 17.3 Å². The van der Waals surface area contributed by atoms with Gasteiger partial charge in [0, 0.05) is 0 Å². The second-order valence-electron chi connectivity index (χ2n) is 5.21. The number of rotatable bonds is 4. The van der Waals surface area contributed by atoms with E-state index in [1.165, 1.54) is 6.07 Å². The Morgan fingerprint density at radius 1 is 1.44 bits per heavy atom. The van der Waals surface area contributed by atoms with Crippen molar-refractivity contribution in [3.63, 3.8) is 0 Å². The fraction of sp³-hybridized carbons (Fsp3) is 0.538. The lowest BCUT2D eigenvalue weighted by molar-refractivity contribution is -0.0497. The van der Waals surface area contributed by atoms with Crippen LogP contribution in [0.5, 0.6) is 5.75 Å². The van der Waals surface area contributed by atoms with E-state index >= 15 is 0 Å². The summed E-state index contributed by atoms with van der Waals surface area (Å²) in [4.78, 5) is 0. The quantitative estimate of drug-likeness (QED) is 0.910. The molecule has 100 valence electrons. The molecule has 1 aliphatic carbocycles. The van der Waals surface area contributed by atoms with Crippen LogP contribution in [0.1, 0.15) is 25.3 Å². The van der Waals surface area contributed by atoms with Crippen LogP contribution in [0.2, 0.25) is 5.02 Å². The number of nitrogens with two attached hydrogens (primary N) is 1. The molecule has 0 bridgehead atoms. The highest BCUT2D eigenvalue weighted by Gasteiger charge is 2.57. The Morgan fingerprint density at radius 3 is 2.56 bits per heavy atom. The van der Waals surface area contributed by atoms with Crippen molar-refractivity contribution in [1.29, 1.82) is 0 Å². The highest BCUT2D eigenvalue weighted by molar-refractivity contribution is 6.32. The van der Waals surface area contributed by atoms with Gasteiger partial charge in [-0.25, -0.2) is 0 Å². The third-order valence-corrected chi connectivity index (χ3v) is 4.13. The summed E-state index contributed by atoms with van der Waals surface area (Å²) in [6.07, 6.45) is 0. The summed E-state index contributed by atoms with van der Waals surface area (Å²) in [6, 6.07) is 4.97. The minimum atomic E-state index is -2.86. The van der Waals surface area contributed by atoms with E-state index in [0.717, 1.165) is 5.56 Å². The molecule has 2 nitrogen and oxygen atoms in total. The Hall–Kier alpha value is -0.870. The Balaban J connectivity index is 2.20. The van der Waals surface area contributed by atoms with Gasteiger partial charge in [0.05, 0.1) is 5.02 Å². The SMILES string of the molecule is CC1(C)[C@H](CN)[C@H]1c1ccc(OC(F)F)c(Cl)c1. The van der Waals surface area contributed by atoms with Gasteiger partial charge >= 0.3 is 6.61 Å². The molecule has 1 saturated carbocycles. The van der Waals surface area contributed by atoms with Gasteiger partial charge in [-0.2, -0.15) is 8.78 Å². The smallest absolute Gasteiger partial charge is 0.387 e. The minimum absolute atomic E-state index is 0.0122. The lowest BCUT2D eigenvalue weighted by Gasteiger charge is -2.09. The second-order valence-corrected chi connectivity index (χ2v) is 5.62. The molecule has 0 unspecified atom stereocenters. The number of halogens is 3. The Labute approximate surface area is 110 Å². The van der Waals surface area contributed by atoms with Crippen molar-refractivity contribution in [1.82, 2.24) is 0 Å². The first kappa shape index (κ1) is 13.6. The summed E-state index contributed by atoms with van der Waals surface area (Å²) in [7, 11) is 0. The highest BCUT2D eigenvalue weighted by Crippen LogP contribution is 2.64. The zero-order valence-corrected chi connectivity index (χ0v) is 11.0. The molecule has 0 aliphatic heterocycles. The summed E-state index contributed by atoms with van der Waals surface area (Å²) >= 11 is 5.94. The van der Waals surface area contributed by atoms with E-state index in [0.29, 0.717) is 18.4 Å². The molecule has 1 aromatic carbocycles. The minimum Gasteiger partial charge on any atom is -0.433 e. The first-order valence-electron chi connectivity index (χ1n) is 5.82. The summed E-state index contributed by atoms with van der Waals surface area (Å²) < 4.78 is 28.5. The molecule has 2 rings (SSSR count). The monoisotopic (exact) mass is 275 g/mol. The van der Waals surface area contributed by atoms with Crippen LogP contribution in [0.15, 0.2) is 18.2 Å². The first-order chi connectivity index (χ1) is 8.37. The normalized spacial score (nSPS) is 25.3. The molecular formula is C13H16ClF2NO. The predicted octanol–water partition coefficient (Wildman–Crippen LogP) is 3.64. The van der Waals surface area contributed by atoms with E-state index in [1.807, 2.05) is 0 Å². The maximum atomic E-state index is 12.1. The van der Waals surface area contributed by atoms with Gasteiger partial charge in [-0.1, -0.05) is 31.5 Å². The molecule has 5 heteroatoms. The highest BCUT2D eigenvalue weighted by atomic mass is 35.5. The van der Waals surface area contributed by atoms with Crippen LogP contribution in [0, 0.1) is 11.3 Å². The van der Waals surface area contributed by atoms with Crippen LogP contribution < -0.4 is 10.5 Å². The molecule has 1 aromatic rings. The van der Waals surface area contributed by atoms with Gasteiger partial charge in [-0.15, -0.1) is 0 Å². The molecule has 1 fully saturated rings. The van der Waals surface area contributed by atoms with Crippen LogP contribution in [-0.2, 0) is 0 Å². The van der Waals surface area contributed by atoms with Crippen molar-refractivity contribution in [3.05, 3.63) is 28.8 Å². The molecule has 2 N–H and O–H groups in total. The van der Waals surface area contributed by atoms with Crippen LogP contribution in [0.3, 0.4) is 0 Å². The van der Waals surface area contributed by atoms with E-state index in [-0.39, 0.29) is 16.2 Å². The molecule has 0 heterocycles. The average Bonchev–Trinajstić information content (AvgIpc) is 2.83. The number of ether oxygens (including phenoxy) is 1. The lowest BCUT2D eigenvalue weighted by atomic mass is 10.0. The van der Waals surface area contributed by atoms with Crippen LogP contribution in [0.4, 0.5) is 8.78 Å². The lowest BCUT2D eigenvalue weighted by Crippen LogP contribution is -2.05. The molecule has 18 heavy (non-hydrogen) atoms. The summed E-state index contributed by atoms with van der Waals surface area (Å²) in [5.74, 6) is 0.759. The number of hydrogen-bond donors (Lipinski definition) is 1. The van der Waals surface area contributed by atoms with Gasteiger partial charge in [0.2, 0.25) is 0 Å². The third-order valence-electron chi connectivity index (χ3n) is 3.84. The summed E-state index contributed by atoms with van der Waals surface area (Å²) in [6.45, 7) is 2.05. The van der Waals surface area contributed by atoms with Gasteiger partial charge in [0.15, 0.2) is 0 Å². The number of hydrogen-bond acceptors (Lipinski definition) is 2. The molecule has 0 amide bonds. The van der Waals surface area contributed by atoms with Crippen molar-refractivity contribution >= 4 is 11.6 Å². The third kappa shape index (κ3) is 2.31. The van der Waals surface area contributed by atoms with E-state index in [1.54, 1.807) is 12.1 Å². The Bertz CT molecular complexity index is 451. The van der Waals surface area contributed by atoms with Gasteiger partial charge < -0.3 is 10.5 Å². The van der Waals surface area contributed by atoms with Gasteiger partial charge in [-0.3, -0.25) is 0 Å². The van der Waals surface area contributed by atoms with Crippen molar-refractivity contribution in [2.75, 3.05) is 6.54 Å². The van der Waals surface area contributed by atoms with Crippen LogP contribution in [0.25, 0.3) is 0 Å². The van der Waals surface area contributed by atoms with Crippen LogP contribution in [-0.4, -0.2) is 13.2 Å². The Kier molecular flexibility index (Phi) is 3.52. The molecular weight excluding hydrogens is 260 g/mol. The fourth-order valence-electron chi connectivity index (χ4n) is 2.75. The largest absolute Gasteiger partial charge is 0.433 e.